The van der Waals surface area contributed by atoms with Gasteiger partial charge in [-0.1, -0.05) is 13.8 Å². The number of hydrogen-bond donors (Lipinski definition) is 1. The fourth-order valence-electron chi connectivity index (χ4n) is 2.53. The van der Waals surface area contributed by atoms with Crippen LogP contribution < -0.4 is 10.2 Å². The van der Waals surface area contributed by atoms with Crippen LogP contribution in [0.3, 0.4) is 0 Å². The number of nitrogens with one attached hydrogen (secondary N) is 1. The highest BCUT2D eigenvalue weighted by Crippen LogP contribution is 2.23. The van der Waals surface area contributed by atoms with E-state index < -0.39 is 0 Å². The zero-order valence-corrected chi connectivity index (χ0v) is 11.5. The molecule has 1 aliphatic rings. The predicted molar refractivity (Wildman–Crippen MR) is 74.9 cm³/mol. The zero-order valence-electron chi connectivity index (χ0n) is 11.5. The Hall–Kier alpha value is -1.16. The molecule has 0 spiro atoms. The number of aromatic nitrogens is 2. The molecule has 1 aliphatic heterocycles. The number of nitrogens with zero attached hydrogens (tertiary/aromatic N) is 3. The summed E-state index contributed by atoms with van der Waals surface area (Å²) in [6.07, 6.45) is 6.40. The summed E-state index contributed by atoms with van der Waals surface area (Å²) >= 11 is 0. The van der Waals surface area contributed by atoms with Gasteiger partial charge in [-0.3, -0.25) is 0 Å². The second kappa shape index (κ2) is 6.69. The molecule has 4 heteroatoms. The molecule has 100 valence electrons. The molecular formula is C14H24N4. The predicted octanol–water partition coefficient (Wildman–Crippen LogP) is 2.01. The minimum absolute atomic E-state index is 0.594. The molecular weight excluding hydrogens is 224 g/mol. The lowest BCUT2D eigenvalue weighted by Crippen LogP contribution is -2.38. The van der Waals surface area contributed by atoms with E-state index in [1.165, 1.54) is 19.3 Å². The lowest BCUT2D eigenvalue weighted by molar-refractivity contribution is 0.568. The van der Waals surface area contributed by atoms with Gasteiger partial charge in [-0.2, -0.15) is 0 Å². The Morgan fingerprint density at radius 3 is 3.06 bits per heavy atom. The number of aryl methyl sites for hydroxylation is 1. The molecule has 2 heterocycles. The van der Waals surface area contributed by atoms with Crippen molar-refractivity contribution in [3.63, 3.8) is 0 Å². The molecule has 0 amide bonds. The molecule has 4 nitrogen and oxygen atoms in total. The van der Waals surface area contributed by atoms with Gasteiger partial charge < -0.3 is 10.2 Å². The maximum absolute atomic E-state index is 4.43. The van der Waals surface area contributed by atoms with Crippen molar-refractivity contribution in [2.75, 3.05) is 24.5 Å². The Labute approximate surface area is 110 Å². The van der Waals surface area contributed by atoms with Crippen LogP contribution in [0.1, 0.15) is 38.8 Å². The van der Waals surface area contributed by atoms with E-state index in [1.54, 1.807) is 6.33 Å². The molecule has 0 saturated carbocycles. The van der Waals surface area contributed by atoms with E-state index in [4.69, 9.17) is 0 Å². The van der Waals surface area contributed by atoms with Crippen molar-refractivity contribution in [3.8, 4) is 0 Å². The quantitative estimate of drug-likeness (QED) is 0.782. The minimum Gasteiger partial charge on any atom is -0.352 e. The topological polar surface area (TPSA) is 41.0 Å². The Bertz CT molecular complexity index is 367. The molecule has 1 atom stereocenters. The molecule has 2 rings (SSSR count). The SMILES string of the molecule is CCCNCC1CCCN1c1cc(CC)ncn1. The van der Waals surface area contributed by atoms with E-state index >= 15 is 0 Å². The molecule has 1 saturated heterocycles. The lowest BCUT2D eigenvalue weighted by atomic mass is 10.2. The van der Waals surface area contributed by atoms with Gasteiger partial charge in [0.25, 0.3) is 0 Å². The first-order chi connectivity index (χ1) is 8.85. The molecule has 1 aromatic heterocycles. The first-order valence-electron chi connectivity index (χ1n) is 7.13. The highest BCUT2D eigenvalue weighted by molar-refractivity contribution is 5.41. The zero-order chi connectivity index (χ0) is 12.8. The summed E-state index contributed by atoms with van der Waals surface area (Å²) in [5, 5.41) is 3.52. The highest BCUT2D eigenvalue weighted by atomic mass is 15.2. The number of anilines is 1. The standard InChI is InChI=1S/C14H24N4/c1-3-7-15-10-13-6-5-8-18(13)14-9-12(4-2)16-11-17-14/h9,11,13,15H,3-8,10H2,1-2H3. The maximum atomic E-state index is 4.43. The second-order valence-corrected chi connectivity index (χ2v) is 4.91. The highest BCUT2D eigenvalue weighted by Gasteiger charge is 2.25. The summed E-state index contributed by atoms with van der Waals surface area (Å²) in [5.41, 5.74) is 1.13. The largest absolute Gasteiger partial charge is 0.352 e. The fraction of sp³-hybridized carbons (Fsp3) is 0.714. The summed E-state index contributed by atoms with van der Waals surface area (Å²) in [4.78, 5) is 11.1. The van der Waals surface area contributed by atoms with Crippen molar-refractivity contribution in [3.05, 3.63) is 18.1 Å². The molecule has 18 heavy (non-hydrogen) atoms. The Balaban J connectivity index is 2.01. The summed E-state index contributed by atoms with van der Waals surface area (Å²) in [6, 6.07) is 2.73. The summed E-state index contributed by atoms with van der Waals surface area (Å²) in [7, 11) is 0. The maximum Gasteiger partial charge on any atom is 0.132 e. The van der Waals surface area contributed by atoms with E-state index in [1.807, 2.05) is 0 Å². The van der Waals surface area contributed by atoms with Crippen molar-refractivity contribution < 1.29 is 0 Å². The Morgan fingerprint density at radius 1 is 1.39 bits per heavy atom. The first-order valence-corrected chi connectivity index (χ1v) is 7.13. The van der Waals surface area contributed by atoms with Crippen LogP contribution in [-0.2, 0) is 6.42 Å². The van der Waals surface area contributed by atoms with Crippen LogP contribution in [-0.4, -0.2) is 35.6 Å². The van der Waals surface area contributed by atoms with Gasteiger partial charge in [0.05, 0.1) is 0 Å². The third-order valence-electron chi connectivity index (χ3n) is 3.55. The van der Waals surface area contributed by atoms with Crippen molar-refractivity contribution in [2.45, 2.75) is 45.6 Å². The molecule has 0 aliphatic carbocycles. The van der Waals surface area contributed by atoms with E-state index in [2.05, 4.69) is 40.1 Å². The van der Waals surface area contributed by atoms with Gasteiger partial charge in [-0.05, 0) is 32.2 Å². The third kappa shape index (κ3) is 3.19. The van der Waals surface area contributed by atoms with Gasteiger partial charge >= 0.3 is 0 Å². The second-order valence-electron chi connectivity index (χ2n) is 4.91. The molecule has 0 bridgehead atoms. The van der Waals surface area contributed by atoms with Crippen molar-refractivity contribution in [1.29, 1.82) is 0 Å². The van der Waals surface area contributed by atoms with Gasteiger partial charge in [-0.15, -0.1) is 0 Å². The van der Waals surface area contributed by atoms with Crippen LogP contribution in [0.25, 0.3) is 0 Å². The summed E-state index contributed by atoms with van der Waals surface area (Å²) < 4.78 is 0. The van der Waals surface area contributed by atoms with Crippen molar-refractivity contribution in [1.82, 2.24) is 15.3 Å². The number of rotatable bonds is 6. The Morgan fingerprint density at radius 2 is 2.28 bits per heavy atom. The van der Waals surface area contributed by atoms with Gasteiger partial charge in [0, 0.05) is 30.9 Å². The average Bonchev–Trinajstić information content (AvgIpc) is 2.87. The minimum atomic E-state index is 0.594. The van der Waals surface area contributed by atoms with Crippen LogP contribution in [0.4, 0.5) is 5.82 Å². The summed E-state index contributed by atoms with van der Waals surface area (Å²) in [5.74, 6) is 1.10. The van der Waals surface area contributed by atoms with E-state index in [0.29, 0.717) is 6.04 Å². The number of hydrogen-bond acceptors (Lipinski definition) is 4. The van der Waals surface area contributed by atoms with Crippen LogP contribution in [0, 0.1) is 0 Å². The van der Waals surface area contributed by atoms with Gasteiger partial charge in [-0.25, -0.2) is 9.97 Å². The van der Waals surface area contributed by atoms with Crippen LogP contribution >= 0.6 is 0 Å². The monoisotopic (exact) mass is 248 g/mol. The average molecular weight is 248 g/mol. The van der Waals surface area contributed by atoms with Gasteiger partial charge in [0.1, 0.15) is 12.1 Å². The van der Waals surface area contributed by atoms with Crippen LogP contribution in [0.2, 0.25) is 0 Å². The first kappa shape index (κ1) is 13.3. The summed E-state index contributed by atoms with van der Waals surface area (Å²) in [6.45, 7) is 7.64. The van der Waals surface area contributed by atoms with Gasteiger partial charge in [0.15, 0.2) is 0 Å². The Kier molecular flexibility index (Phi) is 4.93. The lowest BCUT2D eigenvalue weighted by Gasteiger charge is -2.26. The smallest absolute Gasteiger partial charge is 0.132 e. The molecule has 1 aromatic rings. The van der Waals surface area contributed by atoms with E-state index in [-0.39, 0.29) is 0 Å². The van der Waals surface area contributed by atoms with Crippen LogP contribution in [0.15, 0.2) is 12.4 Å². The molecule has 0 radical (unpaired) electrons. The molecule has 1 fully saturated rings. The fourth-order valence-corrected chi connectivity index (χ4v) is 2.53. The normalized spacial score (nSPS) is 19.4. The van der Waals surface area contributed by atoms with Crippen molar-refractivity contribution in [2.24, 2.45) is 0 Å². The molecule has 1 N–H and O–H groups in total. The van der Waals surface area contributed by atoms with Gasteiger partial charge in [0.2, 0.25) is 0 Å². The van der Waals surface area contributed by atoms with Crippen molar-refractivity contribution >= 4 is 5.82 Å². The van der Waals surface area contributed by atoms with Crippen LogP contribution in [0.5, 0.6) is 0 Å². The molecule has 0 aromatic carbocycles. The third-order valence-corrected chi connectivity index (χ3v) is 3.55. The van der Waals surface area contributed by atoms with E-state index in [0.717, 1.165) is 37.6 Å². The molecule has 1 unspecified atom stereocenters. The van der Waals surface area contributed by atoms with E-state index in [9.17, 15) is 0 Å².